The Morgan fingerprint density at radius 3 is 2.71 bits per heavy atom. The number of nitrogens with one attached hydrogen (secondary N) is 1. The third-order valence-corrected chi connectivity index (χ3v) is 5.16. The molecule has 2 heterocycles. The number of methoxy groups -OCH3 is 1. The van der Waals surface area contributed by atoms with Crippen LogP contribution in [0.15, 0.2) is 6.20 Å². The molecular formula is C16H20N4O3S. The van der Waals surface area contributed by atoms with E-state index in [9.17, 15) is 9.59 Å². The maximum absolute atomic E-state index is 12.5. The van der Waals surface area contributed by atoms with E-state index in [-0.39, 0.29) is 17.1 Å². The van der Waals surface area contributed by atoms with Crippen LogP contribution in [0.3, 0.4) is 0 Å². The van der Waals surface area contributed by atoms with E-state index in [0.29, 0.717) is 10.6 Å². The fourth-order valence-corrected chi connectivity index (χ4v) is 3.95. The van der Waals surface area contributed by atoms with Crippen molar-refractivity contribution in [1.29, 1.82) is 0 Å². The molecule has 3 rings (SSSR count). The Balaban J connectivity index is 1.87. The van der Waals surface area contributed by atoms with Gasteiger partial charge in [-0.15, -0.1) is 16.4 Å². The minimum Gasteiger partial charge on any atom is -0.465 e. The highest BCUT2D eigenvalue weighted by Crippen LogP contribution is 2.39. The summed E-state index contributed by atoms with van der Waals surface area (Å²) in [7, 11) is 1.35. The standard InChI is InChI=1S/C16H20N4O3S/c1-16(2,3)20-8-10(18-19-20)13(21)17-14-12(15(22)23-4)9-6-5-7-11(9)24-14/h8H,5-7H2,1-4H3,(H,17,21). The maximum Gasteiger partial charge on any atom is 0.341 e. The predicted molar refractivity (Wildman–Crippen MR) is 90.7 cm³/mol. The molecule has 0 aromatic carbocycles. The van der Waals surface area contributed by atoms with Gasteiger partial charge >= 0.3 is 5.97 Å². The van der Waals surface area contributed by atoms with Crippen LogP contribution in [0.1, 0.15) is 58.5 Å². The number of thiophene rings is 1. The van der Waals surface area contributed by atoms with Crippen molar-refractivity contribution in [2.75, 3.05) is 12.4 Å². The van der Waals surface area contributed by atoms with E-state index in [4.69, 9.17) is 4.74 Å². The second-order valence-electron chi connectivity index (χ2n) is 6.73. The van der Waals surface area contributed by atoms with Crippen LogP contribution in [-0.4, -0.2) is 34.0 Å². The van der Waals surface area contributed by atoms with Crippen molar-refractivity contribution in [3.8, 4) is 0 Å². The Labute approximate surface area is 144 Å². The normalized spacial score (nSPS) is 13.7. The monoisotopic (exact) mass is 348 g/mol. The quantitative estimate of drug-likeness (QED) is 0.862. The van der Waals surface area contributed by atoms with Crippen molar-refractivity contribution < 1.29 is 14.3 Å². The zero-order valence-corrected chi connectivity index (χ0v) is 15.0. The first-order valence-corrected chi connectivity index (χ1v) is 8.60. The van der Waals surface area contributed by atoms with Gasteiger partial charge in [0.2, 0.25) is 0 Å². The molecule has 0 saturated carbocycles. The third kappa shape index (κ3) is 2.93. The van der Waals surface area contributed by atoms with Crippen LogP contribution >= 0.6 is 11.3 Å². The van der Waals surface area contributed by atoms with Crippen LogP contribution in [0.2, 0.25) is 0 Å². The topological polar surface area (TPSA) is 86.1 Å². The molecule has 8 heteroatoms. The van der Waals surface area contributed by atoms with Crippen LogP contribution < -0.4 is 5.32 Å². The minimum absolute atomic E-state index is 0.217. The summed E-state index contributed by atoms with van der Waals surface area (Å²) in [5.74, 6) is -0.793. The molecule has 0 fully saturated rings. The number of hydrogen-bond donors (Lipinski definition) is 1. The fourth-order valence-electron chi connectivity index (χ4n) is 2.67. The summed E-state index contributed by atoms with van der Waals surface area (Å²) in [5.41, 5.74) is 1.44. The number of aryl methyl sites for hydroxylation is 1. The predicted octanol–water partition coefficient (Wildman–Crippen LogP) is 2.62. The van der Waals surface area contributed by atoms with Gasteiger partial charge in [0.1, 0.15) is 5.00 Å². The van der Waals surface area contributed by atoms with Gasteiger partial charge in [0.05, 0.1) is 24.4 Å². The van der Waals surface area contributed by atoms with E-state index < -0.39 is 5.97 Å². The molecule has 0 radical (unpaired) electrons. The maximum atomic E-state index is 12.5. The molecule has 1 aliphatic carbocycles. The summed E-state index contributed by atoms with van der Waals surface area (Å²) in [6.45, 7) is 5.92. The van der Waals surface area contributed by atoms with E-state index in [1.807, 2.05) is 20.8 Å². The molecule has 1 amide bonds. The molecule has 0 unspecified atom stereocenters. The van der Waals surface area contributed by atoms with Crippen molar-refractivity contribution in [3.05, 3.63) is 27.9 Å². The molecule has 1 aliphatic rings. The Kier molecular flexibility index (Phi) is 4.16. The number of carbonyl (C=O) groups is 2. The van der Waals surface area contributed by atoms with Crippen LogP contribution in [0.4, 0.5) is 5.00 Å². The lowest BCUT2D eigenvalue weighted by Crippen LogP contribution is -2.22. The number of carbonyl (C=O) groups excluding carboxylic acids is 2. The first kappa shape index (κ1) is 16.6. The molecule has 2 aromatic rings. The van der Waals surface area contributed by atoms with Gasteiger partial charge in [-0.2, -0.15) is 0 Å². The fraction of sp³-hybridized carbons (Fsp3) is 0.500. The van der Waals surface area contributed by atoms with Crippen LogP contribution in [0.5, 0.6) is 0 Å². The summed E-state index contributed by atoms with van der Waals surface area (Å²) in [6, 6.07) is 0. The molecule has 1 N–H and O–H groups in total. The number of fused-ring (bicyclic) bond motifs is 1. The highest BCUT2D eigenvalue weighted by molar-refractivity contribution is 7.17. The molecule has 128 valence electrons. The van der Waals surface area contributed by atoms with Gasteiger partial charge in [0.15, 0.2) is 5.69 Å². The van der Waals surface area contributed by atoms with E-state index >= 15 is 0 Å². The first-order valence-electron chi connectivity index (χ1n) is 7.78. The lowest BCUT2D eigenvalue weighted by atomic mass is 10.1. The number of esters is 1. The van der Waals surface area contributed by atoms with Gasteiger partial charge in [-0.3, -0.25) is 4.79 Å². The summed E-state index contributed by atoms with van der Waals surface area (Å²) in [6.07, 6.45) is 4.40. The van der Waals surface area contributed by atoms with Gasteiger partial charge < -0.3 is 10.1 Å². The van der Waals surface area contributed by atoms with Crippen molar-refractivity contribution in [3.63, 3.8) is 0 Å². The Hall–Kier alpha value is -2.22. The van der Waals surface area contributed by atoms with E-state index in [2.05, 4.69) is 15.6 Å². The van der Waals surface area contributed by atoms with Crippen LogP contribution in [0, 0.1) is 0 Å². The average molecular weight is 348 g/mol. The largest absolute Gasteiger partial charge is 0.465 e. The molecular weight excluding hydrogens is 328 g/mol. The lowest BCUT2D eigenvalue weighted by molar-refractivity contribution is 0.0601. The SMILES string of the molecule is COC(=O)c1c(NC(=O)c2cn(C(C)(C)C)nn2)sc2c1CCC2. The van der Waals surface area contributed by atoms with Crippen LogP contribution in [0.25, 0.3) is 0 Å². The molecule has 0 aliphatic heterocycles. The summed E-state index contributed by atoms with van der Waals surface area (Å²) in [4.78, 5) is 25.7. The number of nitrogens with zero attached hydrogens (tertiary/aromatic N) is 3. The number of ether oxygens (including phenoxy) is 1. The number of amides is 1. The van der Waals surface area contributed by atoms with E-state index in [1.165, 1.54) is 18.4 Å². The third-order valence-electron chi connectivity index (χ3n) is 3.95. The molecule has 24 heavy (non-hydrogen) atoms. The van der Waals surface area contributed by atoms with Crippen molar-refractivity contribution >= 4 is 28.2 Å². The van der Waals surface area contributed by atoms with Crippen molar-refractivity contribution in [2.24, 2.45) is 0 Å². The highest BCUT2D eigenvalue weighted by Gasteiger charge is 2.28. The minimum atomic E-state index is -0.414. The zero-order chi connectivity index (χ0) is 17.5. The van der Waals surface area contributed by atoms with Gasteiger partial charge in [-0.05, 0) is 45.6 Å². The lowest BCUT2D eigenvalue weighted by Gasteiger charge is -2.17. The summed E-state index contributed by atoms with van der Waals surface area (Å²) in [5, 5.41) is 11.2. The number of aromatic nitrogens is 3. The second kappa shape index (κ2) is 6.01. The van der Waals surface area contributed by atoms with Gasteiger partial charge in [-0.1, -0.05) is 5.21 Å². The molecule has 0 bridgehead atoms. The van der Waals surface area contributed by atoms with Crippen LogP contribution in [-0.2, 0) is 23.1 Å². The zero-order valence-electron chi connectivity index (χ0n) is 14.2. The number of rotatable bonds is 3. The molecule has 0 saturated heterocycles. The van der Waals surface area contributed by atoms with Crippen molar-refractivity contribution in [1.82, 2.24) is 15.0 Å². The average Bonchev–Trinajstić information content (AvgIpc) is 3.20. The first-order chi connectivity index (χ1) is 11.3. The number of anilines is 1. The Morgan fingerprint density at radius 1 is 1.33 bits per heavy atom. The smallest absolute Gasteiger partial charge is 0.341 e. The summed E-state index contributed by atoms with van der Waals surface area (Å²) >= 11 is 1.44. The van der Waals surface area contributed by atoms with Gasteiger partial charge in [0.25, 0.3) is 5.91 Å². The highest BCUT2D eigenvalue weighted by atomic mass is 32.1. The van der Waals surface area contributed by atoms with E-state index in [0.717, 1.165) is 29.7 Å². The number of hydrogen-bond acceptors (Lipinski definition) is 6. The van der Waals surface area contributed by atoms with Crippen molar-refractivity contribution in [2.45, 2.75) is 45.6 Å². The summed E-state index contributed by atoms with van der Waals surface area (Å²) < 4.78 is 6.52. The van der Waals surface area contributed by atoms with Gasteiger partial charge in [0, 0.05) is 4.88 Å². The Morgan fingerprint density at radius 2 is 2.08 bits per heavy atom. The second-order valence-corrected chi connectivity index (χ2v) is 7.83. The van der Waals surface area contributed by atoms with E-state index in [1.54, 1.807) is 10.9 Å². The van der Waals surface area contributed by atoms with Gasteiger partial charge in [-0.25, -0.2) is 9.48 Å². The Bertz CT molecular complexity index is 801. The molecule has 7 nitrogen and oxygen atoms in total. The molecule has 0 spiro atoms. The molecule has 2 aromatic heterocycles. The molecule has 0 atom stereocenters.